The minimum absolute atomic E-state index is 0.116. The zero-order valence-corrected chi connectivity index (χ0v) is 19.4. The first-order chi connectivity index (χ1) is 14.9. The molecular formula is C23H22ClFN2O2S2. The van der Waals surface area contributed by atoms with Crippen molar-refractivity contribution in [3.8, 4) is 0 Å². The van der Waals surface area contributed by atoms with Crippen molar-refractivity contribution in [1.29, 1.82) is 0 Å². The molecule has 2 aromatic carbocycles. The molecule has 0 aliphatic carbocycles. The largest absolute Gasteiger partial charge is 0.317 e. The molecule has 0 spiro atoms. The van der Waals surface area contributed by atoms with Crippen LogP contribution in [0.3, 0.4) is 0 Å². The fourth-order valence-electron chi connectivity index (χ4n) is 4.47. The first-order valence-electron chi connectivity index (χ1n) is 10.3. The monoisotopic (exact) mass is 476 g/mol. The van der Waals surface area contributed by atoms with Crippen LogP contribution < -0.4 is 5.32 Å². The summed E-state index contributed by atoms with van der Waals surface area (Å²) in [5, 5.41) is 5.02. The molecule has 3 heterocycles. The smallest absolute Gasteiger partial charge is 0.279 e. The molecule has 1 fully saturated rings. The third-order valence-electron chi connectivity index (χ3n) is 6.03. The number of benzene rings is 2. The summed E-state index contributed by atoms with van der Waals surface area (Å²) in [6.45, 7) is 3.75. The molecule has 4 aromatic rings. The molecule has 5 rings (SSSR count). The Balaban J connectivity index is 1.72. The van der Waals surface area contributed by atoms with Crippen LogP contribution in [0.1, 0.15) is 36.3 Å². The van der Waals surface area contributed by atoms with Gasteiger partial charge in [0.2, 0.25) is 0 Å². The second kappa shape index (κ2) is 7.89. The Kier molecular flexibility index (Phi) is 5.33. The second-order valence-corrected chi connectivity index (χ2v) is 11.6. The van der Waals surface area contributed by atoms with Gasteiger partial charge < -0.3 is 5.32 Å². The Morgan fingerprint density at radius 2 is 1.97 bits per heavy atom. The Hall–Kier alpha value is -1.93. The normalized spacial score (nSPS) is 18.0. The molecule has 8 heteroatoms. The zero-order chi connectivity index (χ0) is 21.8. The third kappa shape index (κ3) is 3.57. The maximum Gasteiger partial charge on any atom is 0.279 e. The number of fused-ring (bicyclic) bond motifs is 2. The van der Waals surface area contributed by atoms with Crippen LogP contribution in [-0.2, 0) is 10.0 Å². The van der Waals surface area contributed by atoms with Gasteiger partial charge in [0.1, 0.15) is 5.82 Å². The summed E-state index contributed by atoms with van der Waals surface area (Å²) >= 11 is 7.74. The lowest BCUT2D eigenvalue weighted by molar-refractivity contribution is 0.589. The maximum atomic E-state index is 14.1. The number of aryl methyl sites for hydroxylation is 1. The van der Waals surface area contributed by atoms with Crippen LogP contribution in [0.5, 0.6) is 0 Å². The molecule has 1 atom stereocenters. The van der Waals surface area contributed by atoms with Crippen molar-refractivity contribution in [3.05, 3.63) is 64.6 Å². The number of nitrogens with zero attached hydrogens (tertiary/aromatic N) is 1. The van der Waals surface area contributed by atoms with E-state index in [0.717, 1.165) is 53.6 Å². The van der Waals surface area contributed by atoms with E-state index in [-0.39, 0.29) is 21.0 Å². The average molecular weight is 477 g/mol. The van der Waals surface area contributed by atoms with Crippen LogP contribution in [0.4, 0.5) is 4.39 Å². The van der Waals surface area contributed by atoms with Gasteiger partial charge in [-0.15, -0.1) is 11.3 Å². The van der Waals surface area contributed by atoms with Crippen molar-refractivity contribution in [3.63, 3.8) is 0 Å². The van der Waals surface area contributed by atoms with Crippen LogP contribution in [0, 0.1) is 12.7 Å². The lowest BCUT2D eigenvalue weighted by atomic mass is 9.92. The SMILES string of the molecule is Cc1ccc2sc(S(=O)(=O)n3cc(C4CCCNCC4)c4cc(F)ccc43)c(Cl)c2c1. The highest BCUT2D eigenvalue weighted by Gasteiger charge is 2.29. The van der Waals surface area contributed by atoms with Gasteiger partial charge in [-0.25, -0.2) is 8.36 Å². The van der Waals surface area contributed by atoms with Crippen molar-refractivity contribution >= 4 is 54.0 Å². The minimum atomic E-state index is -3.95. The highest BCUT2D eigenvalue weighted by Crippen LogP contribution is 2.42. The second-order valence-electron chi connectivity index (χ2n) is 8.13. The highest BCUT2D eigenvalue weighted by atomic mass is 35.5. The fourth-order valence-corrected chi connectivity index (χ4v) is 8.01. The van der Waals surface area contributed by atoms with Crippen molar-refractivity contribution in [2.45, 2.75) is 36.3 Å². The molecule has 1 saturated heterocycles. The first kappa shape index (κ1) is 20.9. The van der Waals surface area contributed by atoms with E-state index in [1.165, 1.54) is 27.4 Å². The topological polar surface area (TPSA) is 51.1 Å². The van der Waals surface area contributed by atoms with Gasteiger partial charge in [0.05, 0.1) is 10.5 Å². The fraction of sp³-hybridized carbons (Fsp3) is 0.304. The van der Waals surface area contributed by atoms with E-state index in [9.17, 15) is 12.8 Å². The molecule has 1 N–H and O–H groups in total. The summed E-state index contributed by atoms with van der Waals surface area (Å²) in [6, 6.07) is 10.0. The Bertz CT molecular complexity index is 1400. The van der Waals surface area contributed by atoms with E-state index in [0.29, 0.717) is 10.9 Å². The van der Waals surface area contributed by atoms with E-state index >= 15 is 0 Å². The van der Waals surface area contributed by atoms with Gasteiger partial charge in [0.25, 0.3) is 10.0 Å². The zero-order valence-electron chi connectivity index (χ0n) is 17.0. The Morgan fingerprint density at radius 3 is 2.81 bits per heavy atom. The predicted octanol–water partition coefficient (Wildman–Crippen LogP) is 6.05. The van der Waals surface area contributed by atoms with Gasteiger partial charge in [-0.2, -0.15) is 8.42 Å². The van der Waals surface area contributed by atoms with Crippen molar-refractivity contribution in [2.75, 3.05) is 13.1 Å². The van der Waals surface area contributed by atoms with Crippen molar-refractivity contribution < 1.29 is 12.8 Å². The Labute approximate surface area is 189 Å². The molecule has 0 bridgehead atoms. The lowest BCUT2D eigenvalue weighted by Gasteiger charge is -2.12. The number of hydrogen-bond acceptors (Lipinski definition) is 4. The van der Waals surface area contributed by atoms with Gasteiger partial charge in [-0.3, -0.25) is 0 Å². The molecule has 31 heavy (non-hydrogen) atoms. The molecule has 2 aromatic heterocycles. The number of rotatable bonds is 3. The first-order valence-corrected chi connectivity index (χ1v) is 12.9. The maximum absolute atomic E-state index is 14.1. The van der Waals surface area contributed by atoms with Gasteiger partial charge in [0, 0.05) is 21.7 Å². The minimum Gasteiger partial charge on any atom is -0.317 e. The summed E-state index contributed by atoms with van der Waals surface area (Å²) in [5.41, 5.74) is 2.38. The van der Waals surface area contributed by atoms with Crippen LogP contribution in [0.15, 0.2) is 46.8 Å². The highest BCUT2D eigenvalue weighted by molar-refractivity contribution is 7.92. The van der Waals surface area contributed by atoms with Crippen LogP contribution >= 0.6 is 22.9 Å². The van der Waals surface area contributed by atoms with Crippen molar-refractivity contribution in [1.82, 2.24) is 9.29 Å². The van der Waals surface area contributed by atoms with E-state index in [1.807, 2.05) is 25.1 Å². The summed E-state index contributed by atoms with van der Waals surface area (Å²) in [5.74, 6) is -0.192. The number of halogens is 2. The van der Waals surface area contributed by atoms with E-state index in [4.69, 9.17) is 11.6 Å². The summed E-state index contributed by atoms with van der Waals surface area (Å²) in [4.78, 5) is 0. The molecule has 4 nitrogen and oxygen atoms in total. The van der Waals surface area contributed by atoms with E-state index < -0.39 is 10.0 Å². The van der Waals surface area contributed by atoms with Crippen LogP contribution in [0.2, 0.25) is 5.02 Å². The molecule has 0 saturated carbocycles. The van der Waals surface area contributed by atoms with Gasteiger partial charge in [0.15, 0.2) is 4.21 Å². The number of thiophene rings is 1. The predicted molar refractivity (Wildman–Crippen MR) is 126 cm³/mol. The molecular weight excluding hydrogens is 455 g/mol. The molecule has 0 amide bonds. The molecule has 1 aliphatic rings. The van der Waals surface area contributed by atoms with Crippen LogP contribution in [0.25, 0.3) is 21.0 Å². The molecule has 162 valence electrons. The van der Waals surface area contributed by atoms with E-state index in [1.54, 1.807) is 12.3 Å². The number of hydrogen-bond donors (Lipinski definition) is 1. The van der Waals surface area contributed by atoms with Gasteiger partial charge >= 0.3 is 0 Å². The van der Waals surface area contributed by atoms with Gasteiger partial charge in [-0.1, -0.05) is 23.2 Å². The third-order valence-corrected chi connectivity index (χ3v) is 9.98. The number of nitrogens with one attached hydrogen (secondary N) is 1. The quantitative estimate of drug-likeness (QED) is 0.391. The van der Waals surface area contributed by atoms with Gasteiger partial charge in [-0.05, 0) is 81.1 Å². The van der Waals surface area contributed by atoms with Crippen LogP contribution in [-0.4, -0.2) is 25.5 Å². The summed E-state index contributed by atoms with van der Waals surface area (Å²) in [7, 11) is -3.95. The molecule has 1 aliphatic heterocycles. The number of aromatic nitrogens is 1. The Morgan fingerprint density at radius 1 is 1.13 bits per heavy atom. The summed E-state index contributed by atoms with van der Waals surface area (Å²) in [6.07, 6.45) is 4.51. The lowest BCUT2D eigenvalue weighted by Crippen LogP contribution is -2.13. The standard InChI is InChI=1S/C23H22ClFN2O2S2/c1-14-4-7-21-18(11-14)22(24)23(30-21)31(28,29)27-13-19(15-3-2-9-26-10-8-15)17-12-16(25)5-6-20(17)27/h4-7,11-13,15,26H,2-3,8-10H2,1H3. The van der Waals surface area contributed by atoms with Crippen molar-refractivity contribution in [2.24, 2.45) is 0 Å². The average Bonchev–Trinajstić information content (AvgIpc) is 3.14. The molecule has 0 radical (unpaired) electrons. The van der Waals surface area contributed by atoms with E-state index in [2.05, 4.69) is 5.32 Å². The molecule has 1 unspecified atom stereocenters. The summed E-state index contributed by atoms with van der Waals surface area (Å²) < 4.78 is 43.9.